The fourth-order valence-corrected chi connectivity index (χ4v) is 12.6. The van der Waals surface area contributed by atoms with Gasteiger partial charge in [0.25, 0.3) is 8.32 Å². The molecule has 0 aliphatic carbocycles. The Morgan fingerprint density at radius 3 is 1.36 bits per heavy atom. The van der Waals surface area contributed by atoms with Gasteiger partial charge in [-0.15, -0.1) is 0 Å². The minimum Gasteiger partial charge on any atom is -0.405 e. The van der Waals surface area contributed by atoms with E-state index in [4.69, 9.17) is 37.6 Å². The number of hydrogen-bond acceptors (Lipinski definition) is 9. The highest BCUT2D eigenvalue weighted by atomic mass is 28.4. The van der Waals surface area contributed by atoms with Crippen LogP contribution in [0.15, 0.2) is 152 Å². The molecular weight excluding hydrogens is 749 g/mol. The lowest BCUT2D eigenvalue weighted by Crippen LogP contribution is -2.67. The van der Waals surface area contributed by atoms with Gasteiger partial charge in [0, 0.05) is 7.11 Å². The van der Waals surface area contributed by atoms with Crippen molar-refractivity contribution in [3.63, 3.8) is 0 Å². The molecule has 0 saturated carbocycles. The zero-order valence-electron chi connectivity index (χ0n) is 33.8. The summed E-state index contributed by atoms with van der Waals surface area (Å²) in [6.07, 6.45) is -5.92. The Labute approximate surface area is 343 Å². The van der Waals surface area contributed by atoms with Crippen molar-refractivity contribution >= 4 is 18.7 Å². The maximum absolute atomic E-state index is 12.0. The van der Waals surface area contributed by atoms with Crippen molar-refractivity contribution in [2.45, 2.75) is 94.8 Å². The molecule has 0 aromatic heterocycles. The molecule has 2 fully saturated rings. The second-order valence-electron chi connectivity index (χ2n) is 15.9. The zero-order valence-corrected chi connectivity index (χ0v) is 34.8. The first kappa shape index (κ1) is 42.1. The molecule has 2 aliphatic rings. The Bertz CT molecular complexity index is 1890. The van der Waals surface area contributed by atoms with Crippen molar-refractivity contribution in [1.82, 2.24) is 0 Å². The van der Waals surface area contributed by atoms with Crippen LogP contribution in [-0.4, -0.2) is 83.0 Å². The van der Waals surface area contributed by atoms with Gasteiger partial charge in [-0.2, -0.15) is 0 Å². The SMILES string of the molecule is CO[C@H]1O[C@H](CO[C@H]2O[C@H](CO[Si](c3ccccc3)(c3ccccc3)C(C)(C)C)[C@@H](O)[C@@H]2OCc2ccccc2)[C@@H](OCc2ccccc2)[C@@H]1OCc1ccccc1. The standard InChI is InChI=1S/C48H56O9Si/c1-48(2,3)58(38-26-16-8-17-27-38,39-28-18-9-19-29-39)55-34-40-42(49)44(52-31-36-22-12-6-13-23-36)47(56-40)54-33-41-43(51-30-35-20-10-5-11-21-35)45(46(50-4)57-41)53-32-37-24-14-7-15-25-37/h5-29,40-47,49H,30-34H2,1-4H3/t40-,41-,42-,43-,44+,45+,46+,47+/m1/s1. The van der Waals surface area contributed by atoms with Crippen molar-refractivity contribution in [1.29, 1.82) is 0 Å². The van der Waals surface area contributed by atoms with Gasteiger partial charge in [0.15, 0.2) is 12.6 Å². The van der Waals surface area contributed by atoms with Crippen LogP contribution in [0.2, 0.25) is 5.04 Å². The lowest BCUT2D eigenvalue weighted by Gasteiger charge is -2.43. The molecule has 10 heteroatoms. The van der Waals surface area contributed by atoms with Crippen molar-refractivity contribution in [2.75, 3.05) is 20.3 Å². The number of aliphatic hydroxyl groups excluding tert-OH is 1. The fraction of sp³-hybridized carbons (Fsp3) is 0.375. The monoisotopic (exact) mass is 804 g/mol. The van der Waals surface area contributed by atoms with Crippen molar-refractivity contribution in [2.24, 2.45) is 0 Å². The quantitative estimate of drug-likeness (QED) is 0.0962. The van der Waals surface area contributed by atoms with Crippen LogP contribution in [0.25, 0.3) is 0 Å². The largest absolute Gasteiger partial charge is 0.405 e. The van der Waals surface area contributed by atoms with Crippen LogP contribution < -0.4 is 10.4 Å². The van der Waals surface area contributed by atoms with Crippen molar-refractivity contribution in [3.05, 3.63) is 168 Å². The molecule has 1 N–H and O–H groups in total. The Kier molecular flexibility index (Phi) is 14.4. The van der Waals surface area contributed by atoms with Gasteiger partial charge in [-0.1, -0.05) is 172 Å². The van der Waals surface area contributed by atoms with Gasteiger partial charge in [0.2, 0.25) is 0 Å². The average molecular weight is 805 g/mol. The first-order valence-electron chi connectivity index (χ1n) is 20.1. The molecule has 0 spiro atoms. The molecule has 8 atom stereocenters. The number of rotatable bonds is 18. The third kappa shape index (κ3) is 9.86. The Hall–Kier alpha value is -4.04. The van der Waals surface area contributed by atoms with Crippen LogP contribution in [0.5, 0.6) is 0 Å². The first-order valence-corrected chi connectivity index (χ1v) is 22.0. The topological polar surface area (TPSA) is 94.1 Å². The molecule has 58 heavy (non-hydrogen) atoms. The Balaban J connectivity index is 1.12. The van der Waals surface area contributed by atoms with Crippen LogP contribution in [0.3, 0.4) is 0 Å². The molecule has 0 radical (unpaired) electrons. The number of hydrogen-bond donors (Lipinski definition) is 1. The van der Waals surface area contributed by atoms with E-state index in [0.717, 1.165) is 27.1 Å². The van der Waals surface area contributed by atoms with Crippen LogP contribution in [-0.2, 0) is 57.4 Å². The van der Waals surface area contributed by atoms with E-state index in [2.05, 4.69) is 69.3 Å². The third-order valence-electron chi connectivity index (χ3n) is 11.0. The maximum Gasteiger partial charge on any atom is 0.261 e. The molecular formula is C48H56O9Si. The highest BCUT2D eigenvalue weighted by Gasteiger charge is 2.53. The lowest BCUT2D eigenvalue weighted by molar-refractivity contribution is -0.211. The van der Waals surface area contributed by atoms with E-state index in [9.17, 15) is 5.11 Å². The van der Waals surface area contributed by atoms with Gasteiger partial charge in [0.05, 0.1) is 33.0 Å². The highest BCUT2D eigenvalue weighted by molar-refractivity contribution is 6.99. The van der Waals surface area contributed by atoms with Gasteiger partial charge >= 0.3 is 0 Å². The van der Waals surface area contributed by atoms with E-state index in [1.807, 2.05) is 103 Å². The molecule has 9 nitrogen and oxygen atoms in total. The minimum absolute atomic E-state index is 0.0649. The van der Waals surface area contributed by atoms with Crippen molar-refractivity contribution < 1.29 is 42.7 Å². The van der Waals surface area contributed by atoms with E-state index >= 15 is 0 Å². The predicted molar refractivity (Wildman–Crippen MR) is 225 cm³/mol. The second-order valence-corrected chi connectivity index (χ2v) is 20.2. The number of methoxy groups -OCH3 is 1. The maximum atomic E-state index is 12.0. The summed E-state index contributed by atoms with van der Waals surface area (Å²) in [4.78, 5) is 0. The molecule has 0 amide bonds. The molecule has 2 aliphatic heterocycles. The Morgan fingerprint density at radius 1 is 0.500 bits per heavy atom. The normalized spacial score (nSPS) is 24.9. The number of ether oxygens (including phenoxy) is 7. The summed E-state index contributed by atoms with van der Waals surface area (Å²) in [5.74, 6) is 0. The van der Waals surface area contributed by atoms with Crippen LogP contribution >= 0.6 is 0 Å². The summed E-state index contributed by atoms with van der Waals surface area (Å²) in [5.41, 5.74) is 3.01. The van der Waals surface area contributed by atoms with E-state index in [1.165, 1.54) is 0 Å². The summed E-state index contributed by atoms with van der Waals surface area (Å²) in [6, 6.07) is 50.7. The van der Waals surface area contributed by atoms with E-state index in [0.29, 0.717) is 13.2 Å². The van der Waals surface area contributed by atoms with E-state index in [1.54, 1.807) is 7.11 Å². The molecule has 306 valence electrons. The van der Waals surface area contributed by atoms with Gasteiger partial charge < -0.3 is 42.7 Å². The lowest BCUT2D eigenvalue weighted by atomic mass is 10.1. The first-order chi connectivity index (χ1) is 28.3. The van der Waals surface area contributed by atoms with E-state index < -0.39 is 57.5 Å². The van der Waals surface area contributed by atoms with Gasteiger partial charge in [-0.3, -0.25) is 0 Å². The highest BCUT2D eigenvalue weighted by Crippen LogP contribution is 2.38. The molecule has 5 aromatic carbocycles. The minimum atomic E-state index is -2.94. The summed E-state index contributed by atoms with van der Waals surface area (Å²) in [5, 5.41) is 14.0. The molecule has 7 rings (SSSR count). The average Bonchev–Trinajstić information content (AvgIpc) is 3.76. The van der Waals surface area contributed by atoms with Gasteiger partial charge in [-0.05, 0) is 32.1 Å². The van der Waals surface area contributed by atoms with Crippen molar-refractivity contribution in [3.8, 4) is 0 Å². The molecule has 0 bridgehead atoms. The summed E-state index contributed by atoms with van der Waals surface area (Å²) >= 11 is 0. The molecule has 0 unspecified atom stereocenters. The fourth-order valence-electron chi connectivity index (χ4n) is 8.00. The smallest absolute Gasteiger partial charge is 0.261 e. The molecule has 2 heterocycles. The van der Waals surface area contributed by atoms with Crippen LogP contribution in [0.1, 0.15) is 37.5 Å². The van der Waals surface area contributed by atoms with Gasteiger partial charge in [-0.25, -0.2) is 0 Å². The predicted octanol–water partition coefficient (Wildman–Crippen LogP) is 6.79. The summed E-state index contributed by atoms with van der Waals surface area (Å²) in [7, 11) is -1.34. The van der Waals surface area contributed by atoms with E-state index in [-0.39, 0.29) is 24.9 Å². The summed E-state index contributed by atoms with van der Waals surface area (Å²) < 4.78 is 52.1. The van der Waals surface area contributed by atoms with Gasteiger partial charge in [0.1, 0.15) is 36.6 Å². The summed E-state index contributed by atoms with van der Waals surface area (Å²) in [6.45, 7) is 7.83. The van der Waals surface area contributed by atoms with Crippen LogP contribution in [0.4, 0.5) is 0 Å². The Morgan fingerprint density at radius 2 is 0.914 bits per heavy atom. The zero-order chi connectivity index (χ0) is 40.4. The molecule has 2 saturated heterocycles. The van der Waals surface area contributed by atoms with Crippen LogP contribution in [0, 0.1) is 0 Å². The molecule has 5 aromatic rings. The number of aliphatic hydroxyl groups is 1. The second kappa shape index (κ2) is 19.8. The third-order valence-corrected chi connectivity index (χ3v) is 16.0. The number of benzene rings is 5.